The Kier molecular flexibility index (Phi) is 25.9. The van der Waals surface area contributed by atoms with Crippen LogP contribution in [0.5, 0.6) is 0 Å². The average Bonchev–Trinajstić information content (AvgIpc) is 2.58. The number of unbranched alkanes of at least 4 members (excludes halogenated alkanes) is 11. The van der Waals surface area contributed by atoms with E-state index >= 15 is 0 Å². The van der Waals surface area contributed by atoms with Crippen LogP contribution in [0.2, 0.25) is 0 Å². The standard InChI is InChI=1S/C18H34O2.C3H7O.Ti/c1-2-3-4-5-6-7-8-9-10-11-12-13-14-15-16-17-18(19)20;1-3(2)4;/h9-10H,2-8,11-17H2,1H3,(H,19,20);3H,1-2H3;/q;-1;+1. The Morgan fingerprint density at radius 2 is 1.28 bits per heavy atom. The molecule has 0 aliphatic rings. The van der Waals surface area contributed by atoms with Gasteiger partial charge in [-0.25, -0.2) is 0 Å². The second-order valence-corrected chi connectivity index (χ2v) is 7.26. The molecule has 3 nitrogen and oxygen atoms in total. The van der Waals surface area contributed by atoms with Gasteiger partial charge in [0.2, 0.25) is 0 Å². The predicted octanol–water partition coefficient (Wildman–Crippen LogP) is 6.98. The zero-order chi connectivity index (χ0) is 19.2. The Morgan fingerprint density at radius 3 is 1.68 bits per heavy atom. The average molecular weight is 389 g/mol. The summed E-state index contributed by atoms with van der Waals surface area (Å²) in [5.74, 6) is -0.664. The van der Waals surface area contributed by atoms with E-state index in [2.05, 4.69) is 19.1 Å². The van der Waals surface area contributed by atoms with Crippen molar-refractivity contribution >= 4 is 5.97 Å². The van der Waals surface area contributed by atoms with E-state index in [-0.39, 0.29) is 0 Å². The van der Waals surface area contributed by atoms with Gasteiger partial charge in [0.25, 0.3) is 0 Å². The Labute approximate surface area is 168 Å². The van der Waals surface area contributed by atoms with Gasteiger partial charge in [-0.15, -0.1) is 0 Å². The molecule has 0 aromatic heterocycles. The Bertz CT molecular complexity index is 291. The van der Waals surface area contributed by atoms with Gasteiger partial charge in [-0.05, 0) is 32.1 Å². The van der Waals surface area contributed by atoms with E-state index in [4.69, 9.17) is 8.42 Å². The Hall–Kier alpha value is -0.116. The molecular formula is C21H41O3Ti. The molecule has 0 aromatic rings. The molecule has 0 fully saturated rings. The molecule has 147 valence electrons. The van der Waals surface area contributed by atoms with Crippen molar-refractivity contribution in [1.29, 1.82) is 0 Å². The molecule has 0 saturated heterocycles. The molecule has 1 N–H and O–H groups in total. The van der Waals surface area contributed by atoms with Crippen LogP contribution in [-0.4, -0.2) is 17.2 Å². The van der Waals surface area contributed by atoms with Gasteiger partial charge in [-0.3, -0.25) is 4.79 Å². The van der Waals surface area contributed by atoms with E-state index in [1.807, 2.05) is 13.8 Å². The molecule has 0 aliphatic carbocycles. The van der Waals surface area contributed by atoms with Crippen LogP contribution in [0.3, 0.4) is 0 Å². The van der Waals surface area contributed by atoms with Crippen molar-refractivity contribution in [2.75, 3.05) is 0 Å². The summed E-state index contributed by atoms with van der Waals surface area (Å²) in [5, 5.41) is 8.51. The maximum atomic E-state index is 10.3. The van der Waals surface area contributed by atoms with Crippen LogP contribution in [-0.2, 0) is 28.9 Å². The largest absolute Gasteiger partial charge is 0.481 e. The minimum atomic E-state index is -0.664. The predicted molar refractivity (Wildman–Crippen MR) is 103 cm³/mol. The van der Waals surface area contributed by atoms with Gasteiger partial charge in [0.15, 0.2) is 0 Å². The maximum absolute atomic E-state index is 10.3. The summed E-state index contributed by atoms with van der Waals surface area (Å²) < 4.78 is 4.75. The normalized spacial score (nSPS) is 10.8. The third kappa shape index (κ3) is 32.1. The molecular weight excluding hydrogens is 348 g/mol. The first-order valence-electron chi connectivity index (χ1n) is 10.2. The molecule has 0 aliphatic heterocycles. The number of carbonyl (C=O) groups is 1. The van der Waals surface area contributed by atoms with Crippen LogP contribution in [0.15, 0.2) is 12.2 Å². The summed E-state index contributed by atoms with van der Waals surface area (Å²) in [5.41, 5.74) is 0. The van der Waals surface area contributed by atoms with Crippen LogP contribution < -0.4 is 0 Å². The molecule has 0 aromatic carbocycles. The molecule has 0 amide bonds. The molecule has 0 rings (SSSR count). The summed E-state index contributed by atoms with van der Waals surface area (Å²) in [4.78, 5) is 10.3. The summed E-state index contributed by atoms with van der Waals surface area (Å²) in [6.45, 7) is 6.26. The number of hydrogen-bond acceptors (Lipinski definition) is 2. The van der Waals surface area contributed by atoms with E-state index in [9.17, 15) is 4.79 Å². The summed E-state index contributed by atoms with van der Waals surface area (Å²) >= 11 is 1.70. The summed E-state index contributed by atoms with van der Waals surface area (Å²) in [6.07, 6.45) is 21.6. The van der Waals surface area contributed by atoms with Gasteiger partial charge in [-0.1, -0.05) is 70.4 Å². The zero-order valence-electron chi connectivity index (χ0n) is 16.9. The van der Waals surface area contributed by atoms with Gasteiger partial charge in [-0.2, -0.15) is 0 Å². The van der Waals surface area contributed by atoms with Crippen molar-refractivity contribution in [1.82, 2.24) is 0 Å². The Balaban J connectivity index is 0. The van der Waals surface area contributed by atoms with E-state index in [1.54, 1.807) is 20.8 Å². The van der Waals surface area contributed by atoms with E-state index in [1.165, 1.54) is 70.6 Å². The number of rotatable bonds is 16. The number of aliphatic carboxylic acids is 1. The molecule has 0 atom stereocenters. The van der Waals surface area contributed by atoms with Crippen molar-refractivity contribution in [3.8, 4) is 0 Å². The SMILES string of the molecule is CC(C)[O][Ti].CCCCCCCCC=CCCCCCCCC(=O)O. The fourth-order valence-electron chi connectivity index (χ4n) is 2.35. The summed E-state index contributed by atoms with van der Waals surface area (Å²) in [6, 6.07) is 0. The topological polar surface area (TPSA) is 46.5 Å². The van der Waals surface area contributed by atoms with E-state index in [0.717, 1.165) is 12.8 Å². The third-order valence-electron chi connectivity index (χ3n) is 3.89. The van der Waals surface area contributed by atoms with Crippen LogP contribution in [0, 0.1) is 0 Å². The zero-order valence-corrected chi connectivity index (χ0v) is 18.5. The molecule has 0 unspecified atom stereocenters. The first-order valence-corrected chi connectivity index (χ1v) is 10.9. The number of hydrogen-bond donors (Lipinski definition) is 1. The van der Waals surface area contributed by atoms with Crippen molar-refractivity contribution < 1.29 is 34.0 Å². The molecule has 0 saturated carbocycles. The third-order valence-corrected chi connectivity index (χ3v) is 4.62. The molecule has 0 bridgehead atoms. The van der Waals surface area contributed by atoms with Crippen molar-refractivity contribution in [2.24, 2.45) is 0 Å². The quantitative estimate of drug-likeness (QED) is 0.176. The second-order valence-electron chi connectivity index (χ2n) is 6.89. The fourth-order valence-corrected chi connectivity index (χ4v) is 2.35. The first kappa shape index (κ1) is 27.1. The molecule has 0 heterocycles. The number of carboxylic acid groups (broad SMARTS) is 1. The molecule has 4 heteroatoms. The first-order chi connectivity index (χ1) is 12.0. The maximum Gasteiger partial charge on any atom is 0.303 e. The van der Waals surface area contributed by atoms with Crippen molar-refractivity contribution in [2.45, 2.75) is 117 Å². The number of allylic oxidation sites excluding steroid dienone is 2. The van der Waals surface area contributed by atoms with Crippen LogP contribution in [0.4, 0.5) is 0 Å². The molecule has 25 heavy (non-hydrogen) atoms. The van der Waals surface area contributed by atoms with Crippen LogP contribution in [0.1, 0.15) is 111 Å². The monoisotopic (exact) mass is 389 g/mol. The molecule has 0 spiro atoms. The fraction of sp³-hybridized carbons (Fsp3) is 0.857. The van der Waals surface area contributed by atoms with E-state index < -0.39 is 5.97 Å². The second kappa shape index (κ2) is 23.9. The minimum Gasteiger partial charge on any atom is -0.481 e. The van der Waals surface area contributed by atoms with Crippen molar-refractivity contribution in [3.05, 3.63) is 12.2 Å². The smallest absolute Gasteiger partial charge is 0.303 e. The van der Waals surface area contributed by atoms with Gasteiger partial charge < -0.3 is 5.11 Å². The minimum absolute atomic E-state index is 0.332. The molecule has 0 radical (unpaired) electrons. The van der Waals surface area contributed by atoms with Gasteiger partial charge in [0.1, 0.15) is 0 Å². The van der Waals surface area contributed by atoms with Crippen molar-refractivity contribution in [3.63, 3.8) is 0 Å². The number of carboxylic acids is 1. The van der Waals surface area contributed by atoms with Crippen LogP contribution in [0.25, 0.3) is 0 Å². The van der Waals surface area contributed by atoms with Gasteiger partial charge in [0.05, 0.1) is 0 Å². The van der Waals surface area contributed by atoms with Crippen LogP contribution >= 0.6 is 0 Å². The van der Waals surface area contributed by atoms with Gasteiger partial charge in [0, 0.05) is 6.42 Å². The van der Waals surface area contributed by atoms with E-state index in [0.29, 0.717) is 12.5 Å². The Morgan fingerprint density at radius 1 is 0.880 bits per heavy atom. The summed E-state index contributed by atoms with van der Waals surface area (Å²) in [7, 11) is 0. The van der Waals surface area contributed by atoms with Gasteiger partial charge >= 0.3 is 50.1 Å².